The number of amides is 1. The summed E-state index contributed by atoms with van der Waals surface area (Å²) in [7, 11) is 0. The van der Waals surface area contributed by atoms with E-state index < -0.39 is 34.5 Å². The Bertz CT molecular complexity index is 1080. The molecule has 1 aliphatic heterocycles. The minimum absolute atomic E-state index is 0.00554. The van der Waals surface area contributed by atoms with Crippen LogP contribution in [0.4, 0.5) is 17.6 Å². The number of pyridine rings is 1. The maximum absolute atomic E-state index is 14.1. The molecule has 0 aromatic carbocycles. The average Bonchev–Trinajstić information content (AvgIpc) is 3.12. The SMILES string of the molecule is CC1c2nnn(-c3ncccc3F)c2CCN1C(=O)C1=CCCC(C(F)(F)F)=C1Cl. The van der Waals surface area contributed by atoms with Crippen molar-refractivity contribution >= 4 is 17.5 Å². The van der Waals surface area contributed by atoms with Crippen LogP contribution in [-0.4, -0.2) is 43.5 Å². The van der Waals surface area contributed by atoms with E-state index in [2.05, 4.69) is 15.3 Å². The van der Waals surface area contributed by atoms with E-state index in [9.17, 15) is 22.4 Å². The highest BCUT2D eigenvalue weighted by molar-refractivity contribution is 6.36. The summed E-state index contributed by atoms with van der Waals surface area (Å²) in [6.45, 7) is 1.88. The largest absolute Gasteiger partial charge is 0.414 e. The van der Waals surface area contributed by atoms with Gasteiger partial charge in [-0.15, -0.1) is 5.10 Å². The third kappa shape index (κ3) is 3.38. The van der Waals surface area contributed by atoms with E-state index in [1.807, 2.05) is 0 Å². The summed E-state index contributed by atoms with van der Waals surface area (Å²) in [6, 6.07) is 2.12. The normalized spacial score (nSPS) is 19.6. The summed E-state index contributed by atoms with van der Waals surface area (Å²) < 4.78 is 55.0. The lowest BCUT2D eigenvalue weighted by molar-refractivity contribution is -0.129. The highest BCUT2D eigenvalue weighted by Crippen LogP contribution is 2.40. The monoisotopic (exact) mass is 441 g/mol. The van der Waals surface area contributed by atoms with E-state index in [1.54, 1.807) is 6.92 Å². The smallest absolute Gasteiger partial charge is 0.330 e. The van der Waals surface area contributed by atoms with Crippen molar-refractivity contribution < 1.29 is 22.4 Å². The zero-order chi connectivity index (χ0) is 21.6. The fourth-order valence-electron chi connectivity index (χ4n) is 3.75. The minimum atomic E-state index is -4.59. The van der Waals surface area contributed by atoms with E-state index in [0.717, 1.165) is 0 Å². The molecular weight excluding hydrogens is 426 g/mol. The van der Waals surface area contributed by atoms with E-state index >= 15 is 0 Å². The quantitative estimate of drug-likeness (QED) is 0.660. The number of halogens is 5. The Morgan fingerprint density at radius 3 is 2.77 bits per heavy atom. The van der Waals surface area contributed by atoms with Crippen LogP contribution in [0.5, 0.6) is 0 Å². The maximum atomic E-state index is 14.1. The summed E-state index contributed by atoms with van der Waals surface area (Å²) in [4.78, 5) is 18.4. The van der Waals surface area contributed by atoms with Gasteiger partial charge in [0.05, 0.1) is 27.9 Å². The van der Waals surface area contributed by atoms with Crippen LogP contribution >= 0.6 is 11.6 Å². The van der Waals surface area contributed by atoms with Gasteiger partial charge in [0.2, 0.25) is 0 Å². The first-order valence-electron chi connectivity index (χ1n) is 9.23. The Labute approximate surface area is 173 Å². The molecule has 158 valence electrons. The Morgan fingerprint density at radius 2 is 2.07 bits per heavy atom. The van der Waals surface area contributed by atoms with Crippen molar-refractivity contribution in [1.82, 2.24) is 24.9 Å². The second-order valence-corrected chi connectivity index (χ2v) is 7.39. The number of hydrogen-bond acceptors (Lipinski definition) is 4. The first-order valence-corrected chi connectivity index (χ1v) is 9.60. The van der Waals surface area contributed by atoms with Crippen molar-refractivity contribution in [2.75, 3.05) is 6.54 Å². The third-order valence-electron chi connectivity index (χ3n) is 5.26. The zero-order valence-corrected chi connectivity index (χ0v) is 16.5. The van der Waals surface area contributed by atoms with Crippen molar-refractivity contribution in [3.63, 3.8) is 0 Å². The van der Waals surface area contributed by atoms with Crippen LogP contribution in [0.15, 0.2) is 40.6 Å². The standard InChI is InChI=1S/C19H16ClF4N5O/c1-10-16-14(29(27-26-16)17-13(21)6-3-8-25-17)7-9-28(10)18(30)11-4-2-5-12(15(11)20)19(22,23)24/h3-4,6,8,10H,2,5,7,9H2,1H3. The molecule has 1 atom stereocenters. The van der Waals surface area contributed by atoms with Gasteiger partial charge in [0, 0.05) is 19.2 Å². The Balaban J connectivity index is 1.64. The highest BCUT2D eigenvalue weighted by atomic mass is 35.5. The first-order chi connectivity index (χ1) is 14.2. The lowest BCUT2D eigenvalue weighted by Crippen LogP contribution is -2.40. The molecule has 1 aliphatic carbocycles. The number of nitrogens with zero attached hydrogens (tertiary/aromatic N) is 5. The molecule has 1 unspecified atom stereocenters. The molecule has 0 saturated heterocycles. The molecule has 0 spiro atoms. The molecule has 0 bridgehead atoms. The van der Waals surface area contributed by atoms with Crippen molar-refractivity contribution in [2.24, 2.45) is 0 Å². The Morgan fingerprint density at radius 1 is 1.30 bits per heavy atom. The van der Waals surface area contributed by atoms with Gasteiger partial charge in [0.15, 0.2) is 11.6 Å². The first kappa shape index (κ1) is 20.5. The molecule has 3 heterocycles. The van der Waals surface area contributed by atoms with Crippen LogP contribution < -0.4 is 0 Å². The highest BCUT2D eigenvalue weighted by Gasteiger charge is 2.41. The molecule has 0 N–H and O–H groups in total. The van der Waals surface area contributed by atoms with Gasteiger partial charge in [-0.2, -0.15) is 17.9 Å². The predicted octanol–water partition coefficient (Wildman–Crippen LogP) is 4.02. The minimum Gasteiger partial charge on any atom is -0.330 e. The van der Waals surface area contributed by atoms with Gasteiger partial charge in [-0.05, 0) is 31.9 Å². The molecule has 2 aromatic heterocycles. The number of carbonyl (C=O) groups is 1. The van der Waals surface area contributed by atoms with Gasteiger partial charge < -0.3 is 4.90 Å². The van der Waals surface area contributed by atoms with Gasteiger partial charge in [-0.1, -0.05) is 22.9 Å². The van der Waals surface area contributed by atoms with E-state index in [0.29, 0.717) is 11.4 Å². The van der Waals surface area contributed by atoms with E-state index in [1.165, 1.54) is 34.0 Å². The van der Waals surface area contributed by atoms with Gasteiger partial charge in [-0.25, -0.2) is 9.37 Å². The molecule has 11 heteroatoms. The van der Waals surface area contributed by atoms with Crippen LogP contribution in [0.2, 0.25) is 0 Å². The molecule has 0 fully saturated rings. The van der Waals surface area contributed by atoms with Crippen LogP contribution in [0.25, 0.3) is 5.82 Å². The summed E-state index contributed by atoms with van der Waals surface area (Å²) in [5.74, 6) is -1.17. The van der Waals surface area contributed by atoms with E-state index in [-0.39, 0.29) is 37.2 Å². The van der Waals surface area contributed by atoms with Gasteiger partial charge in [-0.3, -0.25) is 4.79 Å². The average molecular weight is 442 g/mol. The van der Waals surface area contributed by atoms with Crippen molar-refractivity contribution in [3.8, 4) is 5.82 Å². The lowest BCUT2D eigenvalue weighted by Gasteiger charge is -2.34. The van der Waals surface area contributed by atoms with Crippen molar-refractivity contribution in [3.05, 3.63) is 57.8 Å². The molecular formula is C19H16ClF4N5O. The van der Waals surface area contributed by atoms with Crippen LogP contribution in [0.3, 0.4) is 0 Å². The summed E-state index contributed by atoms with van der Waals surface area (Å²) in [6.07, 6.45) is -1.63. The zero-order valence-electron chi connectivity index (χ0n) is 15.7. The predicted molar refractivity (Wildman–Crippen MR) is 99.2 cm³/mol. The number of allylic oxidation sites excluding steroid dienone is 2. The molecule has 1 amide bonds. The van der Waals surface area contributed by atoms with Gasteiger partial charge in [0.25, 0.3) is 5.91 Å². The number of aromatic nitrogens is 4. The molecule has 0 saturated carbocycles. The second kappa shape index (κ2) is 7.50. The Kier molecular flexibility index (Phi) is 5.13. The fourth-order valence-corrected chi connectivity index (χ4v) is 4.10. The number of hydrogen-bond donors (Lipinski definition) is 0. The maximum Gasteiger partial charge on any atom is 0.414 e. The van der Waals surface area contributed by atoms with Crippen molar-refractivity contribution in [2.45, 2.75) is 38.4 Å². The summed E-state index contributed by atoms with van der Waals surface area (Å²) in [5, 5.41) is 7.49. The summed E-state index contributed by atoms with van der Waals surface area (Å²) in [5.41, 5.74) is -0.0164. The van der Waals surface area contributed by atoms with Crippen LogP contribution in [-0.2, 0) is 11.2 Å². The van der Waals surface area contributed by atoms with Gasteiger partial charge >= 0.3 is 6.18 Å². The number of rotatable bonds is 2. The van der Waals surface area contributed by atoms with Crippen molar-refractivity contribution in [1.29, 1.82) is 0 Å². The number of alkyl halides is 3. The molecule has 6 nitrogen and oxygen atoms in total. The topological polar surface area (TPSA) is 63.9 Å². The molecule has 4 rings (SSSR count). The third-order valence-corrected chi connectivity index (χ3v) is 5.70. The molecule has 2 aliphatic rings. The molecule has 2 aromatic rings. The van der Waals surface area contributed by atoms with Crippen LogP contribution in [0, 0.1) is 5.82 Å². The fraction of sp³-hybridized carbons (Fsp3) is 0.368. The lowest BCUT2D eigenvalue weighted by atomic mass is 9.96. The Hall–Kier alpha value is -2.75. The van der Waals surface area contributed by atoms with Crippen LogP contribution in [0.1, 0.15) is 37.2 Å². The molecule has 30 heavy (non-hydrogen) atoms. The number of fused-ring (bicyclic) bond motifs is 1. The summed E-state index contributed by atoms with van der Waals surface area (Å²) >= 11 is 5.96. The van der Waals surface area contributed by atoms with E-state index in [4.69, 9.17) is 11.6 Å². The second-order valence-electron chi connectivity index (χ2n) is 7.01. The van der Waals surface area contributed by atoms with Gasteiger partial charge in [0.1, 0.15) is 5.69 Å². The molecule has 0 radical (unpaired) electrons. The number of carbonyl (C=O) groups excluding carboxylic acids is 1.